The van der Waals surface area contributed by atoms with Gasteiger partial charge in [0.1, 0.15) is 5.82 Å². The average molecular weight is 484 g/mol. The highest BCUT2D eigenvalue weighted by molar-refractivity contribution is 7.99. The van der Waals surface area contributed by atoms with E-state index in [2.05, 4.69) is 27.4 Å². The maximum absolute atomic E-state index is 13.9. The van der Waals surface area contributed by atoms with E-state index in [1.54, 1.807) is 29.7 Å². The van der Waals surface area contributed by atoms with Crippen molar-refractivity contribution in [2.75, 3.05) is 11.1 Å². The number of amides is 2. The molecule has 0 aliphatic rings. The summed E-state index contributed by atoms with van der Waals surface area (Å²) in [6.45, 7) is 5.74. The lowest BCUT2D eigenvalue weighted by Gasteiger charge is -2.15. The first-order chi connectivity index (χ1) is 16.3. The molecule has 2 amide bonds. The lowest BCUT2D eigenvalue weighted by atomic mass is 10.2. The normalized spacial score (nSPS) is 11.5. The van der Waals surface area contributed by atoms with Crippen molar-refractivity contribution in [3.05, 3.63) is 84.0 Å². The van der Waals surface area contributed by atoms with Crippen LogP contribution in [0.4, 0.5) is 10.1 Å². The highest BCUT2D eigenvalue weighted by atomic mass is 32.2. The Labute approximate surface area is 199 Å². The van der Waals surface area contributed by atoms with E-state index in [1.807, 2.05) is 0 Å². The number of allylic oxidation sites excluding steroid dienone is 1. The predicted octanol–water partition coefficient (Wildman–Crippen LogP) is 3.52. The van der Waals surface area contributed by atoms with Crippen LogP contribution < -0.4 is 10.6 Å². The van der Waals surface area contributed by atoms with Crippen LogP contribution in [-0.2, 0) is 11.3 Å². The fourth-order valence-corrected chi connectivity index (χ4v) is 3.82. The summed E-state index contributed by atoms with van der Waals surface area (Å²) >= 11 is 1.12. The molecule has 3 rings (SSSR count). The second-order valence-electron chi connectivity index (χ2n) is 7.14. The van der Waals surface area contributed by atoms with Gasteiger partial charge in [-0.1, -0.05) is 36.0 Å². The lowest BCUT2D eigenvalue weighted by Crippen LogP contribution is -2.29. The molecule has 0 spiro atoms. The molecule has 0 aliphatic carbocycles. The van der Waals surface area contributed by atoms with E-state index in [9.17, 15) is 18.8 Å². The van der Waals surface area contributed by atoms with Crippen molar-refractivity contribution in [1.29, 1.82) is 0 Å². The highest BCUT2D eigenvalue weighted by Crippen LogP contribution is 2.22. The van der Waals surface area contributed by atoms with E-state index < -0.39 is 23.7 Å². The standard InChI is InChI=1S/C23H22FN5O4S/c1-3-11-29-20(14(2)25-21(31)17-9-4-5-10-18(17)24)27-28-23(29)34-13-19(30)26-16-8-6-7-15(12-16)22(32)33/h3-10,12,14H,1,11,13H2,2H3,(H,25,31)(H,26,30)(H,32,33). The second-order valence-corrected chi connectivity index (χ2v) is 8.08. The third kappa shape index (κ3) is 6.07. The molecular formula is C23H22FN5O4S. The topological polar surface area (TPSA) is 126 Å². The molecule has 2 aromatic carbocycles. The fraction of sp³-hybridized carbons (Fsp3) is 0.174. The molecule has 34 heavy (non-hydrogen) atoms. The molecular weight excluding hydrogens is 461 g/mol. The van der Waals surface area contributed by atoms with Gasteiger partial charge in [0.15, 0.2) is 11.0 Å². The van der Waals surface area contributed by atoms with Crippen LogP contribution in [0.25, 0.3) is 0 Å². The highest BCUT2D eigenvalue weighted by Gasteiger charge is 2.21. The minimum atomic E-state index is -1.09. The summed E-state index contributed by atoms with van der Waals surface area (Å²) in [4.78, 5) is 35.9. The van der Waals surface area contributed by atoms with Gasteiger partial charge in [-0.25, -0.2) is 9.18 Å². The Balaban J connectivity index is 1.67. The van der Waals surface area contributed by atoms with Crippen LogP contribution in [0.1, 0.15) is 39.5 Å². The van der Waals surface area contributed by atoms with E-state index in [0.717, 1.165) is 11.8 Å². The number of aromatic carboxylic acids is 1. The number of carboxylic acid groups (broad SMARTS) is 1. The molecule has 0 bridgehead atoms. The van der Waals surface area contributed by atoms with Gasteiger partial charge in [-0.15, -0.1) is 16.8 Å². The summed E-state index contributed by atoms with van der Waals surface area (Å²) in [5.41, 5.74) is 0.345. The van der Waals surface area contributed by atoms with Gasteiger partial charge >= 0.3 is 5.97 Å². The molecule has 1 aromatic heterocycles. The quantitative estimate of drug-likeness (QED) is 0.297. The number of carbonyl (C=O) groups excluding carboxylic acids is 2. The van der Waals surface area contributed by atoms with Gasteiger partial charge in [-0.3, -0.25) is 9.59 Å². The van der Waals surface area contributed by atoms with Gasteiger partial charge < -0.3 is 20.3 Å². The Hall–Kier alpha value is -3.99. The van der Waals surface area contributed by atoms with Crippen molar-refractivity contribution >= 4 is 35.2 Å². The summed E-state index contributed by atoms with van der Waals surface area (Å²) < 4.78 is 15.6. The molecule has 3 N–H and O–H groups in total. The summed E-state index contributed by atoms with van der Waals surface area (Å²) in [6, 6.07) is 11.0. The Bertz CT molecular complexity index is 1230. The Morgan fingerprint density at radius 2 is 1.97 bits per heavy atom. The molecule has 0 fully saturated rings. The lowest BCUT2D eigenvalue weighted by molar-refractivity contribution is -0.113. The third-order valence-electron chi connectivity index (χ3n) is 4.64. The van der Waals surface area contributed by atoms with Gasteiger partial charge in [0.25, 0.3) is 5.91 Å². The van der Waals surface area contributed by atoms with Gasteiger partial charge in [0, 0.05) is 12.2 Å². The van der Waals surface area contributed by atoms with Crippen LogP contribution in [0.15, 0.2) is 66.3 Å². The molecule has 0 radical (unpaired) electrons. The van der Waals surface area contributed by atoms with Crippen LogP contribution in [-0.4, -0.2) is 43.4 Å². The first-order valence-electron chi connectivity index (χ1n) is 10.2. The SMILES string of the molecule is C=CCn1c(SCC(=O)Nc2cccc(C(=O)O)c2)nnc1C(C)NC(=O)c1ccccc1F. The van der Waals surface area contributed by atoms with E-state index >= 15 is 0 Å². The smallest absolute Gasteiger partial charge is 0.335 e. The number of hydrogen-bond donors (Lipinski definition) is 3. The molecule has 1 unspecified atom stereocenters. The summed E-state index contributed by atoms with van der Waals surface area (Å²) in [6.07, 6.45) is 1.62. The number of anilines is 1. The predicted molar refractivity (Wildman–Crippen MR) is 125 cm³/mol. The van der Waals surface area contributed by atoms with Crippen LogP contribution in [0, 0.1) is 5.82 Å². The molecule has 0 saturated carbocycles. The number of rotatable bonds is 10. The van der Waals surface area contributed by atoms with Gasteiger partial charge in [-0.05, 0) is 37.3 Å². The Morgan fingerprint density at radius 1 is 1.21 bits per heavy atom. The van der Waals surface area contributed by atoms with Gasteiger partial charge in [-0.2, -0.15) is 0 Å². The minimum Gasteiger partial charge on any atom is -0.478 e. The molecule has 0 saturated heterocycles. The molecule has 1 atom stereocenters. The molecule has 11 heteroatoms. The summed E-state index contributed by atoms with van der Waals surface area (Å²) in [5, 5.41) is 23.1. The van der Waals surface area contributed by atoms with Crippen molar-refractivity contribution in [1.82, 2.24) is 20.1 Å². The van der Waals surface area contributed by atoms with Gasteiger partial charge in [0.2, 0.25) is 5.91 Å². The van der Waals surface area contributed by atoms with Crippen molar-refractivity contribution in [2.45, 2.75) is 24.7 Å². The average Bonchev–Trinajstić information content (AvgIpc) is 3.21. The van der Waals surface area contributed by atoms with Crippen molar-refractivity contribution < 1.29 is 23.9 Å². The fourth-order valence-electron chi connectivity index (χ4n) is 3.07. The number of benzene rings is 2. The molecule has 9 nitrogen and oxygen atoms in total. The third-order valence-corrected chi connectivity index (χ3v) is 5.60. The molecule has 176 valence electrons. The van der Waals surface area contributed by atoms with Crippen molar-refractivity contribution in [2.24, 2.45) is 0 Å². The summed E-state index contributed by atoms with van der Waals surface area (Å²) in [7, 11) is 0. The number of carbonyl (C=O) groups is 3. The number of halogens is 1. The second kappa shape index (κ2) is 11.2. The maximum atomic E-state index is 13.9. The van der Waals surface area contributed by atoms with Crippen molar-refractivity contribution in [3.63, 3.8) is 0 Å². The van der Waals surface area contributed by atoms with E-state index in [4.69, 9.17) is 5.11 Å². The number of nitrogens with zero attached hydrogens (tertiary/aromatic N) is 3. The monoisotopic (exact) mass is 483 g/mol. The van der Waals surface area contributed by atoms with Crippen LogP contribution >= 0.6 is 11.8 Å². The zero-order chi connectivity index (χ0) is 24.7. The van der Waals surface area contributed by atoms with E-state index in [1.165, 1.54) is 36.4 Å². The molecule has 0 aliphatic heterocycles. The number of thioether (sulfide) groups is 1. The minimum absolute atomic E-state index is 0.0114. The largest absolute Gasteiger partial charge is 0.478 e. The van der Waals surface area contributed by atoms with Gasteiger partial charge in [0.05, 0.1) is 22.9 Å². The zero-order valence-corrected chi connectivity index (χ0v) is 19.0. The molecule has 3 aromatic rings. The first-order valence-corrected chi connectivity index (χ1v) is 11.1. The number of nitrogens with one attached hydrogen (secondary N) is 2. The Morgan fingerprint density at radius 3 is 2.68 bits per heavy atom. The zero-order valence-electron chi connectivity index (χ0n) is 18.2. The number of hydrogen-bond acceptors (Lipinski definition) is 6. The van der Waals surface area contributed by atoms with E-state index in [0.29, 0.717) is 23.2 Å². The van der Waals surface area contributed by atoms with Crippen LogP contribution in [0.2, 0.25) is 0 Å². The first kappa shape index (κ1) is 24.6. The summed E-state index contributed by atoms with van der Waals surface area (Å²) in [5.74, 6) is -2.26. The maximum Gasteiger partial charge on any atom is 0.335 e. The van der Waals surface area contributed by atoms with Crippen LogP contribution in [0.5, 0.6) is 0 Å². The number of carboxylic acids is 1. The molecule has 1 heterocycles. The van der Waals surface area contributed by atoms with Crippen LogP contribution in [0.3, 0.4) is 0 Å². The number of aromatic nitrogens is 3. The Kier molecular flexibility index (Phi) is 8.14. The van der Waals surface area contributed by atoms with Crippen molar-refractivity contribution in [3.8, 4) is 0 Å². The van der Waals surface area contributed by atoms with E-state index in [-0.39, 0.29) is 22.8 Å².